The molecule has 1 unspecified atom stereocenters. The van der Waals surface area contributed by atoms with E-state index in [1.165, 1.54) is 19.2 Å². The standard InChI is InChI=1S/C19H22N2O5S/c1-25-15-10-13-6-4-5-7-16(13)21(12-15)19(22)20-14-8-9-17(26-2)18(11-14)27(3,23)24/h4-9,11,15H,10,12H2,1-3H3,(H,20,22). The first-order valence-corrected chi connectivity index (χ1v) is 10.3. The molecule has 0 spiro atoms. The lowest BCUT2D eigenvalue weighted by Gasteiger charge is -2.34. The Labute approximate surface area is 158 Å². The molecule has 8 heteroatoms. The predicted octanol–water partition coefficient (Wildman–Crippen LogP) is 2.71. The van der Waals surface area contributed by atoms with E-state index >= 15 is 0 Å². The summed E-state index contributed by atoms with van der Waals surface area (Å²) in [5, 5.41) is 2.77. The van der Waals surface area contributed by atoms with E-state index in [-0.39, 0.29) is 22.8 Å². The van der Waals surface area contributed by atoms with Gasteiger partial charge in [0.25, 0.3) is 0 Å². The number of anilines is 2. The molecule has 0 aliphatic carbocycles. The third-order valence-electron chi connectivity index (χ3n) is 4.51. The number of ether oxygens (including phenoxy) is 2. The molecule has 1 aliphatic heterocycles. The van der Waals surface area contributed by atoms with Gasteiger partial charge in [-0.3, -0.25) is 4.90 Å². The SMILES string of the molecule is COc1ccc(NC(=O)N2CC(OC)Cc3ccccc32)cc1S(C)(=O)=O. The Bertz CT molecular complexity index is 958. The van der Waals surface area contributed by atoms with Crippen LogP contribution in [0.5, 0.6) is 5.75 Å². The molecule has 2 amide bonds. The summed E-state index contributed by atoms with van der Waals surface area (Å²) in [6, 6.07) is 11.8. The zero-order chi connectivity index (χ0) is 19.6. The molecule has 0 fully saturated rings. The van der Waals surface area contributed by atoms with Gasteiger partial charge in [0.2, 0.25) is 0 Å². The monoisotopic (exact) mass is 390 g/mol. The Morgan fingerprint density at radius 1 is 1.19 bits per heavy atom. The molecule has 0 saturated heterocycles. The van der Waals surface area contributed by atoms with Crippen molar-refractivity contribution in [3.8, 4) is 5.75 Å². The van der Waals surface area contributed by atoms with Crippen LogP contribution >= 0.6 is 0 Å². The Morgan fingerprint density at radius 2 is 1.93 bits per heavy atom. The number of para-hydroxylation sites is 1. The fourth-order valence-electron chi connectivity index (χ4n) is 3.14. The van der Waals surface area contributed by atoms with Crippen LogP contribution in [0.3, 0.4) is 0 Å². The number of hydrogen-bond acceptors (Lipinski definition) is 5. The van der Waals surface area contributed by atoms with E-state index in [2.05, 4.69) is 5.32 Å². The van der Waals surface area contributed by atoms with Crippen molar-refractivity contribution in [2.24, 2.45) is 0 Å². The topological polar surface area (TPSA) is 84.9 Å². The van der Waals surface area contributed by atoms with E-state index in [0.29, 0.717) is 12.2 Å². The van der Waals surface area contributed by atoms with Crippen LogP contribution in [0.2, 0.25) is 0 Å². The van der Waals surface area contributed by atoms with Gasteiger partial charge in [-0.15, -0.1) is 0 Å². The van der Waals surface area contributed by atoms with Crippen LogP contribution in [0, 0.1) is 0 Å². The molecule has 27 heavy (non-hydrogen) atoms. The van der Waals surface area contributed by atoms with E-state index in [0.717, 1.165) is 23.9 Å². The molecule has 7 nitrogen and oxygen atoms in total. The van der Waals surface area contributed by atoms with Gasteiger partial charge < -0.3 is 14.8 Å². The van der Waals surface area contributed by atoms with Gasteiger partial charge >= 0.3 is 6.03 Å². The molecule has 0 saturated carbocycles. The second kappa shape index (κ2) is 7.58. The van der Waals surface area contributed by atoms with Crippen molar-refractivity contribution in [3.63, 3.8) is 0 Å². The van der Waals surface area contributed by atoms with Crippen LogP contribution in [0.25, 0.3) is 0 Å². The van der Waals surface area contributed by atoms with Crippen LogP contribution in [0.1, 0.15) is 5.56 Å². The number of urea groups is 1. The summed E-state index contributed by atoms with van der Waals surface area (Å²) < 4.78 is 34.5. The van der Waals surface area contributed by atoms with Crippen LogP contribution in [0.15, 0.2) is 47.4 Å². The van der Waals surface area contributed by atoms with Gasteiger partial charge in [0.1, 0.15) is 10.6 Å². The fraction of sp³-hybridized carbons (Fsp3) is 0.316. The average Bonchev–Trinajstić information content (AvgIpc) is 2.66. The Morgan fingerprint density at radius 3 is 2.59 bits per heavy atom. The summed E-state index contributed by atoms with van der Waals surface area (Å²) in [6.07, 6.45) is 1.73. The van der Waals surface area contributed by atoms with Crippen molar-refractivity contribution < 1.29 is 22.7 Å². The van der Waals surface area contributed by atoms with Crippen molar-refractivity contribution in [3.05, 3.63) is 48.0 Å². The highest BCUT2D eigenvalue weighted by atomic mass is 32.2. The Balaban J connectivity index is 1.90. The number of carbonyl (C=O) groups is 1. The molecular formula is C19H22N2O5S. The van der Waals surface area contributed by atoms with Gasteiger partial charge in [-0.2, -0.15) is 0 Å². The zero-order valence-electron chi connectivity index (χ0n) is 15.4. The van der Waals surface area contributed by atoms with E-state index in [1.807, 2.05) is 24.3 Å². The number of sulfone groups is 1. The normalized spacial score (nSPS) is 16.6. The van der Waals surface area contributed by atoms with E-state index in [9.17, 15) is 13.2 Å². The molecule has 3 rings (SSSR count). The van der Waals surface area contributed by atoms with Gasteiger partial charge in [0, 0.05) is 31.2 Å². The van der Waals surface area contributed by atoms with Gasteiger partial charge in [-0.05, 0) is 29.8 Å². The number of methoxy groups -OCH3 is 2. The highest BCUT2D eigenvalue weighted by molar-refractivity contribution is 7.90. The molecule has 2 aromatic rings. The number of hydrogen-bond donors (Lipinski definition) is 1. The van der Waals surface area contributed by atoms with Crippen molar-refractivity contribution in [2.75, 3.05) is 37.2 Å². The summed E-state index contributed by atoms with van der Waals surface area (Å²) in [7, 11) is -0.478. The second-order valence-electron chi connectivity index (χ2n) is 6.37. The first-order chi connectivity index (χ1) is 12.8. The number of rotatable bonds is 4. The minimum atomic E-state index is -3.50. The largest absolute Gasteiger partial charge is 0.495 e. The molecule has 1 N–H and O–H groups in total. The van der Waals surface area contributed by atoms with Crippen LogP contribution in [-0.2, 0) is 21.0 Å². The van der Waals surface area contributed by atoms with E-state index in [1.54, 1.807) is 18.1 Å². The van der Waals surface area contributed by atoms with Crippen molar-refractivity contribution in [2.45, 2.75) is 17.4 Å². The number of benzene rings is 2. The van der Waals surface area contributed by atoms with Crippen molar-refractivity contribution in [1.82, 2.24) is 0 Å². The average molecular weight is 390 g/mol. The maximum atomic E-state index is 12.9. The molecule has 1 atom stereocenters. The molecule has 0 aromatic heterocycles. The molecule has 0 bridgehead atoms. The van der Waals surface area contributed by atoms with E-state index in [4.69, 9.17) is 9.47 Å². The third kappa shape index (κ3) is 4.06. The number of nitrogens with one attached hydrogen (secondary N) is 1. The van der Waals surface area contributed by atoms with Gasteiger partial charge in [0.05, 0.1) is 19.8 Å². The minimum absolute atomic E-state index is 0.0246. The molecule has 144 valence electrons. The van der Waals surface area contributed by atoms with Crippen molar-refractivity contribution >= 4 is 27.2 Å². The summed E-state index contributed by atoms with van der Waals surface area (Å²) in [4.78, 5) is 14.5. The lowest BCUT2D eigenvalue weighted by atomic mass is 10.00. The minimum Gasteiger partial charge on any atom is -0.495 e. The summed E-state index contributed by atoms with van der Waals surface area (Å²) >= 11 is 0. The summed E-state index contributed by atoms with van der Waals surface area (Å²) in [5.74, 6) is 0.235. The molecule has 1 aliphatic rings. The first kappa shape index (κ1) is 19.2. The highest BCUT2D eigenvalue weighted by Gasteiger charge is 2.28. The summed E-state index contributed by atoms with van der Waals surface area (Å²) in [5.41, 5.74) is 2.22. The quantitative estimate of drug-likeness (QED) is 0.868. The maximum Gasteiger partial charge on any atom is 0.326 e. The van der Waals surface area contributed by atoms with Crippen LogP contribution in [-0.4, -0.2) is 47.6 Å². The van der Waals surface area contributed by atoms with Gasteiger partial charge in [0.15, 0.2) is 9.84 Å². The Kier molecular flexibility index (Phi) is 5.38. The number of amides is 2. The first-order valence-electron chi connectivity index (χ1n) is 8.41. The lowest BCUT2D eigenvalue weighted by Crippen LogP contribution is -2.45. The Hall–Kier alpha value is -2.58. The smallest absolute Gasteiger partial charge is 0.326 e. The summed E-state index contributed by atoms with van der Waals surface area (Å²) in [6.45, 7) is 0.411. The van der Waals surface area contributed by atoms with Crippen LogP contribution < -0.4 is 15.0 Å². The number of carbonyl (C=O) groups excluding carboxylic acids is 1. The van der Waals surface area contributed by atoms with Gasteiger partial charge in [-0.25, -0.2) is 13.2 Å². The maximum absolute atomic E-state index is 12.9. The number of nitrogens with zero attached hydrogens (tertiary/aromatic N) is 1. The fourth-order valence-corrected chi connectivity index (χ4v) is 4.00. The molecule has 2 aromatic carbocycles. The molecule has 1 heterocycles. The zero-order valence-corrected chi connectivity index (χ0v) is 16.2. The number of fused-ring (bicyclic) bond motifs is 1. The lowest BCUT2D eigenvalue weighted by molar-refractivity contribution is 0.106. The second-order valence-corrected chi connectivity index (χ2v) is 8.35. The highest BCUT2D eigenvalue weighted by Crippen LogP contribution is 2.30. The molecule has 0 radical (unpaired) electrons. The molecular weight excluding hydrogens is 368 g/mol. The van der Waals surface area contributed by atoms with Gasteiger partial charge in [-0.1, -0.05) is 18.2 Å². The third-order valence-corrected chi connectivity index (χ3v) is 5.63. The van der Waals surface area contributed by atoms with E-state index < -0.39 is 9.84 Å². The van der Waals surface area contributed by atoms with Crippen molar-refractivity contribution in [1.29, 1.82) is 0 Å². The van der Waals surface area contributed by atoms with Crippen LogP contribution in [0.4, 0.5) is 16.2 Å². The predicted molar refractivity (Wildman–Crippen MR) is 103 cm³/mol.